The quantitative estimate of drug-likeness (QED) is 0.912. The average molecular weight is 338 g/mol. The number of Topliss-reactive ketones (excluding diaryl/α,β-unsaturated/α-hetero) is 1. The maximum atomic E-state index is 13.1. The Hall–Kier alpha value is -2.62. The first-order valence-electron chi connectivity index (χ1n) is 8.31. The largest absolute Gasteiger partial charge is 0.508 e. The molecule has 0 heterocycles. The standard InChI is InChI=1S/C21H22O4/c1-5-13-6-8-16-18(23)10-12(2)20(24)21(16,3)19(13)15-11-14(25-4)7-9-17(15)22/h5-7,9-11,16,19,22H,1,8H2,2-4H3. The van der Waals surface area contributed by atoms with Gasteiger partial charge in [-0.1, -0.05) is 25.7 Å². The molecule has 0 aromatic heterocycles. The number of phenolic OH excluding ortho intramolecular Hbond substituents is 1. The summed E-state index contributed by atoms with van der Waals surface area (Å²) in [6.45, 7) is 7.38. The van der Waals surface area contributed by atoms with Crippen LogP contribution in [0, 0.1) is 11.3 Å². The Kier molecular flexibility index (Phi) is 4.15. The Morgan fingerprint density at radius 1 is 1.36 bits per heavy atom. The summed E-state index contributed by atoms with van der Waals surface area (Å²) in [7, 11) is 1.55. The van der Waals surface area contributed by atoms with Crippen molar-refractivity contribution in [3.63, 3.8) is 0 Å². The smallest absolute Gasteiger partial charge is 0.166 e. The Labute approximate surface area is 147 Å². The number of ketones is 2. The monoisotopic (exact) mass is 338 g/mol. The van der Waals surface area contributed by atoms with Gasteiger partial charge in [0.2, 0.25) is 0 Å². The van der Waals surface area contributed by atoms with Gasteiger partial charge in [-0.3, -0.25) is 9.59 Å². The first-order valence-corrected chi connectivity index (χ1v) is 8.31. The number of ether oxygens (including phenoxy) is 1. The third-order valence-corrected chi connectivity index (χ3v) is 5.58. The fourth-order valence-electron chi connectivity index (χ4n) is 4.26. The van der Waals surface area contributed by atoms with Crippen LogP contribution in [-0.4, -0.2) is 23.8 Å². The fraction of sp³-hybridized carbons (Fsp3) is 0.333. The highest BCUT2D eigenvalue weighted by molar-refractivity contribution is 6.13. The summed E-state index contributed by atoms with van der Waals surface area (Å²) in [5.74, 6) is -0.332. The number of fused-ring (bicyclic) bond motifs is 1. The zero-order valence-corrected chi connectivity index (χ0v) is 14.7. The summed E-state index contributed by atoms with van der Waals surface area (Å²) in [6.07, 6.45) is 5.59. The van der Waals surface area contributed by atoms with Gasteiger partial charge in [-0.15, -0.1) is 0 Å². The summed E-state index contributed by atoms with van der Waals surface area (Å²) in [4.78, 5) is 25.7. The third-order valence-electron chi connectivity index (χ3n) is 5.58. The zero-order chi connectivity index (χ0) is 18.4. The number of carbonyl (C=O) groups is 2. The molecule has 1 aromatic carbocycles. The maximum absolute atomic E-state index is 13.1. The van der Waals surface area contributed by atoms with E-state index in [1.165, 1.54) is 6.08 Å². The van der Waals surface area contributed by atoms with Crippen LogP contribution in [0.5, 0.6) is 11.5 Å². The van der Waals surface area contributed by atoms with E-state index in [1.54, 1.807) is 38.3 Å². The van der Waals surface area contributed by atoms with Crippen LogP contribution < -0.4 is 4.74 Å². The van der Waals surface area contributed by atoms with Gasteiger partial charge in [-0.25, -0.2) is 0 Å². The van der Waals surface area contributed by atoms with Crippen molar-refractivity contribution in [2.24, 2.45) is 11.3 Å². The van der Waals surface area contributed by atoms with Crippen molar-refractivity contribution in [1.82, 2.24) is 0 Å². The van der Waals surface area contributed by atoms with E-state index in [2.05, 4.69) is 6.58 Å². The normalized spacial score (nSPS) is 28.8. The van der Waals surface area contributed by atoms with Crippen molar-refractivity contribution >= 4 is 11.6 Å². The van der Waals surface area contributed by atoms with Crippen molar-refractivity contribution in [3.05, 3.63) is 59.7 Å². The maximum Gasteiger partial charge on any atom is 0.166 e. The molecule has 1 aromatic rings. The predicted molar refractivity (Wildman–Crippen MR) is 95.7 cm³/mol. The molecule has 4 nitrogen and oxygen atoms in total. The first kappa shape index (κ1) is 17.2. The Bertz CT molecular complexity index is 830. The van der Waals surface area contributed by atoms with Crippen molar-refractivity contribution in [1.29, 1.82) is 0 Å². The molecule has 2 aliphatic carbocycles. The second kappa shape index (κ2) is 6.03. The predicted octanol–water partition coefficient (Wildman–Crippen LogP) is 3.72. The second-order valence-electron chi connectivity index (χ2n) is 6.90. The number of phenols is 1. The summed E-state index contributed by atoms with van der Waals surface area (Å²) >= 11 is 0. The topological polar surface area (TPSA) is 63.6 Å². The molecule has 0 amide bonds. The molecule has 0 saturated heterocycles. The van der Waals surface area contributed by atoms with Gasteiger partial charge in [0.25, 0.3) is 0 Å². The highest BCUT2D eigenvalue weighted by atomic mass is 16.5. The molecular weight excluding hydrogens is 316 g/mol. The lowest BCUT2D eigenvalue weighted by molar-refractivity contribution is -0.137. The van der Waals surface area contributed by atoms with Crippen molar-refractivity contribution in [2.75, 3.05) is 7.11 Å². The third kappa shape index (κ3) is 2.44. The second-order valence-corrected chi connectivity index (χ2v) is 6.90. The highest BCUT2D eigenvalue weighted by Gasteiger charge is 2.55. The summed E-state index contributed by atoms with van der Waals surface area (Å²) in [5, 5.41) is 10.5. The number of methoxy groups -OCH3 is 1. The van der Waals surface area contributed by atoms with E-state index >= 15 is 0 Å². The molecule has 25 heavy (non-hydrogen) atoms. The molecule has 0 fully saturated rings. The van der Waals surface area contributed by atoms with Crippen molar-refractivity contribution in [2.45, 2.75) is 26.2 Å². The molecule has 4 heteroatoms. The molecule has 2 aliphatic rings. The van der Waals surface area contributed by atoms with Gasteiger partial charge < -0.3 is 9.84 Å². The van der Waals surface area contributed by atoms with E-state index in [-0.39, 0.29) is 17.3 Å². The molecule has 0 saturated carbocycles. The van der Waals surface area contributed by atoms with Crippen LogP contribution in [0.1, 0.15) is 31.7 Å². The number of aromatic hydroxyl groups is 1. The number of carbonyl (C=O) groups excluding carboxylic acids is 2. The molecule has 0 radical (unpaired) electrons. The van der Waals surface area contributed by atoms with Crippen molar-refractivity contribution in [3.8, 4) is 11.5 Å². The van der Waals surface area contributed by atoms with Crippen LogP contribution in [0.4, 0.5) is 0 Å². The molecule has 3 unspecified atom stereocenters. The number of hydrogen-bond acceptors (Lipinski definition) is 4. The summed E-state index contributed by atoms with van der Waals surface area (Å²) in [6, 6.07) is 4.95. The first-order chi connectivity index (χ1) is 11.8. The van der Waals surface area contributed by atoms with Gasteiger partial charge >= 0.3 is 0 Å². The van der Waals surface area contributed by atoms with E-state index in [1.807, 2.05) is 13.0 Å². The van der Waals surface area contributed by atoms with Crippen molar-refractivity contribution < 1.29 is 19.4 Å². The van der Waals surface area contributed by atoms with Gasteiger partial charge in [0, 0.05) is 17.4 Å². The van der Waals surface area contributed by atoms with E-state index in [0.717, 1.165) is 5.57 Å². The Balaban J connectivity index is 2.28. The minimum Gasteiger partial charge on any atom is -0.508 e. The number of allylic oxidation sites excluding steroid dienone is 5. The molecule has 3 atom stereocenters. The Morgan fingerprint density at radius 3 is 2.72 bits per heavy atom. The number of benzene rings is 1. The minimum atomic E-state index is -0.960. The Morgan fingerprint density at radius 2 is 2.08 bits per heavy atom. The van der Waals surface area contributed by atoms with Crippen LogP contribution in [0.25, 0.3) is 0 Å². The molecular formula is C21H22O4. The van der Waals surface area contributed by atoms with Crippen LogP contribution in [0.2, 0.25) is 0 Å². The lowest BCUT2D eigenvalue weighted by atomic mass is 9.53. The van der Waals surface area contributed by atoms with E-state index in [9.17, 15) is 14.7 Å². The lowest BCUT2D eigenvalue weighted by Gasteiger charge is -2.47. The fourth-order valence-corrected chi connectivity index (χ4v) is 4.26. The van der Waals surface area contributed by atoms with E-state index < -0.39 is 17.3 Å². The van der Waals surface area contributed by atoms with Crippen LogP contribution in [0.15, 0.2) is 54.2 Å². The number of hydrogen-bond donors (Lipinski definition) is 1. The molecule has 0 spiro atoms. The average Bonchev–Trinajstić information content (AvgIpc) is 2.60. The SMILES string of the molecule is C=CC1=CCC2C(=O)C=C(C)C(=O)C2(C)C1c1cc(OC)ccc1O. The van der Waals surface area contributed by atoms with Gasteiger partial charge in [0.05, 0.1) is 12.5 Å². The molecule has 1 N–H and O–H groups in total. The van der Waals surface area contributed by atoms with E-state index in [4.69, 9.17) is 4.74 Å². The van der Waals surface area contributed by atoms with Crippen LogP contribution in [-0.2, 0) is 9.59 Å². The van der Waals surface area contributed by atoms with E-state index in [0.29, 0.717) is 23.3 Å². The van der Waals surface area contributed by atoms with Gasteiger partial charge in [0.15, 0.2) is 11.6 Å². The molecule has 0 bridgehead atoms. The van der Waals surface area contributed by atoms with Gasteiger partial charge in [-0.05, 0) is 48.8 Å². The zero-order valence-electron chi connectivity index (χ0n) is 14.7. The number of rotatable bonds is 3. The van der Waals surface area contributed by atoms with Gasteiger partial charge in [-0.2, -0.15) is 0 Å². The summed E-state index contributed by atoms with van der Waals surface area (Å²) in [5.41, 5.74) is 0.922. The van der Waals surface area contributed by atoms with Crippen LogP contribution in [0.3, 0.4) is 0 Å². The molecule has 3 rings (SSSR count). The summed E-state index contributed by atoms with van der Waals surface area (Å²) < 4.78 is 5.29. The minimum absolute atomic E-state index is 0.0358. The highest BCUT2D eigenvalue weighted by Crippen LogP contribution is 2.56. The lowest BCUT2D eigenvalue weighted by Crippen LogP contribution is -2.49. The molecule has 130 valence electrons. The van der Waals surface area contributed by atoms with Gasteiger partial charge in [0.1, 0.15) is 11.5 Å². The molecule has 0 aliphatic heterocycles. The van der Waals surface area contributed by atoms with Crippen LogP contribution >= 0.6 is 0 Å².